The highest BCUT2D eigenvalue weighted by molar-refractivity contribution is 5.22. The number of aromatic nitrogens is 3. The Morgan fingerprint density at radius 3 is 3.08 bits per heavy atom. The van der Waals surface area contributed by atoms with E-state index < -0.39 is 0 Å². The molecule has 2 heterocycles. The SMILES string of the molecule is Fc1cccc(OCc2nc(CC3=CCCC3)n(C3CCOC3)n2)c1. The third-order valence-corrected chi connectivity index (χ3v) is 4.68. The van der Waals surface area contributed by atoms with E-state index in [2.05, 4.69) is 11.2 Å². The van der Waals surface area contributed by atoms with E-state index in [1.165, 1.54) is 24.1 Å². The summed E-state index contributed by atoms with van der Waals surface area (Å²) in [7, 11) is 0. The second-order valence-corrected chi connectivity index (χ2v) is 6.58. The van der Waals surface area contributed by atoms with Gasteiger partial charge in [0, 0.05) is 19.1 Å². The lowest BCUT2D eigenvalue weighted by Crippen LogP contribution is -2.14. The number of hydrogen-bond acceptors (Lipinski definition) is 4. The van der Waals surface area contributed by atoms with Crippen LogP contribution < -0.4 is 4.74 Å². The maximum absolute atomic E-state index is 13.3. The van der Waals surface area contributed by atoms with Gasteiger partial charge in [0.2, 0.25) is 0 Å². The first-order valence-corrected chi connectivity index (χ1v) is 8.86. The lowest BCUT2D eigenvalue weighted by Gasteiger charge is -2.11. The van der Waals surface area contributed by atoms with Crippen LogP contribution in [0.1, 0.15) is 43.4 Å². The molecule has 0 bridgehead atoms. The van der Waals surface area contributed by atoms with Crippen LogP contribution in [-0.2, 0) is 17.8 Å². The molecular weight excluding hydrogens is 321 g/mol. The normalized spacial score (nSPS) is 20.0. The molecule has 2 aromatic rings. The van der Waals surface area contributed by atoms with Crippen LogP contribution in [0.25, 0.3) is 0 Å². The summed E-state index contributed by atoms with van der Waals surface area (Å²) in [6, 6.07) is 6.37. The van der Waals surface area contributed by atoms with E-state index in [4.69, 9.17) is 14.5 Å². The molecule has 1 unspecified atom stereocenters. The van der Waals surface area contributed by atoms with Crippen LogP contribution in [0, 0.1) is 5.82 Å². The average Bonchev–Trinajstić information content (AvgIpc) is 3.35. The summed E-state index contributed by atoms with van der Waals surface area (Å²) in [5.41, 5.74) is 1.44. The molecule has 132 valence electrons. The molecule has 5 nitrogen and oxygen atoms in total. The summed E-state index contributed by atoms with van der Waals surface area (Å²) < 4.78 is 26.4. The van der Waals surface area contributed by atoms with E-state index in [-0.39, 0.29) is 18.5 Å². The zero-order valence-electron chi connectivity index (χ0n) is 14.2. The summed E-state index contributed by atoms with van der Waals surface area (Å²) in [6.07, 6.45) is 7.64. The topological polar surface area (TPSA) is 49.2 Å². The Kier molecular flexibility index (Phi) is 4.78. The molecule has 1 aromatic carbocycles. The molecule has 6 heteroatoms. The summed E-state index contributed by atoms with van der Waals surface area (Å²) >= 11 is 0. The number of allylic oxidation sites excluding steroid dienone is 2. The smallest absolute Gasteiger partial charge is 0.188 e. The highest BCUT2D eigenvalue weighted by Crippen LogP contribution is 2.25. The van der Waals surface area contributed by atoms with E-state index in [0.717, 1.165) is 38.1 Å². The first-order valence-electron chi connectivity index (χ1n) is 8.86. The van der Waals surface area contributed by atoms with Crippen molar-refractivity contribution < 1.29 is 13.9 Å². The van der Waals surface area contributed by atoms with Crippen LogP contribution in [0.4, 0.5) is 4.39 Å². The van der Waals surface area contributed by atoms with Crippen molar-refractivity contribution in [1.82, 2.24) is 14.8 Å². The molecule has 0 amide bonds. The van der Waals surface area contributed by atoms with E-state index >= 15 is 0 Å². The lowest BCUT2D eigenvalue weighted by molar-refractivity contribution is 0.183. The molecule has 25 heavy (non-hydrogen) atoms. The molecule has 1 atom stereocenters. The Hall–Kier alpha value is -2.21. The maximum Gasteiger partial charge on any atom is 0.188 e. The number of halogens is 1. The number of hydrogen-bond donors (Lipinski definition) is 0. The molecule has 0 radical (unpaired) electrons. The Bertz CT molecular complexity index is 766. The van der Waals surface area contributed by atoms with Gasteiger partial charge < -0.3 is 9.47 Å². The zero-order valence-corrected chi connectivity index (χ0v) is 14.2. The van der Waals surface area contributed by atoms with Gasteiger partial charge in [-0.25, -0.2) is 14.1 Å². The Balaban J connectivity index is 1.51. The summed E-state index contributed by atoms with van der Waals surface area (Å²) in [4.78, 5) is 4.69. The Labute approximate surface area is 146 Å². The van der Waals surface area contributed by atoms with Crippen molar-refractivity contribution in [3.63, 3.8) is 0 Å². The van der Waals surface area contributed by atoms with Gasteiger partial charge in [-0.3, -0.25) is 0 Å². The number of rotatable bonds is 6. The first-order chi connectivity index (χ1) is 12.3. The van der Waals surface area contributed by atoms with Gasteiger partial charge in [-0.1, -0.05) is 17.7 Å². The van der Waals surface area contributed by atoms with Gasteiger partial charge in [-0.05, 0) is 37.8 Å². The predicted octanol–water partition coefficient (Wildman–Crippen LogP) is 3.61. The Morgan fingerprint density at radius 1 is 1.36 bits per heavy atom. The van der Waals surface area contributed by atoms with Crippen molar-refractivity contribution in [3.05, 3.63) is 53.4 Å². The molecule has 2 aliphatic rings. The van der Waals surface area contributed by atoms with Crippen molar-refractivity contribution in [2.24, 2.45) is 0 Å². The van der Waals surface area contributed by atoms with Gasteiger partial charge in [0.1, 0.15) is 24.0 Å². The minimum absolute atomic E-state index is 0.232. The fourth-order valence-corrected chi connectivity index (χ4v) is 3.40. The summed E-state index contributed by atoms with van der Waals surface area (Å²) in [5.74, 6) is 1.78. The van der Waals surface area contributed by atoms with Crippen molar-refractivity contribution in [2.75, 3.05) is 13.2 Å². The quantitative estimate of drug-likeness (QED) is 0.752. The third kappa shape index (κ3) is 3.90. The number of benzene rings is 1. The largest absolute Gasteiger partial charge is 0.485 e. The zero-order chi connectivity index (χ0) is 17.1. The van der Waals surface area contributed by atoms with Crippen LogP contribution in [0.2, 0.25) is 0 Å². The molecule has 1 saturated heterocycles. The van der Waals surface area contributed by atoms with Gasteiger partial charge in [0.15, 0.2) is 5.82 Å². The van der Waals surface area contributed by atoms with Crippen LogP contribution >= 0.6 is 0 Å². The van der Waals surface area contributed by atoms with Gasteiger partial charge >= 0.3 is 0 Å². The number of nitrogens with zero attached hydrogens (tertiary/aromatic N) is 3. The van der Waals surface area contributed by atoms with Gasteiger partial charge in [0.05, 0.1) is 12.6 Å². The fraction of sp³-hybridized carbons (Fsp3) is 0.474. The molecule has 1 aliphatic heterocycles. The van der Waals surface area contributed by atoms with Crippen molar-refractivity contribution in [3.8, 4) is 5.75 Å². The first kappa shape index (κ1) is 16.3. The lowest BCUT2D eigenvalue weighted by atomic mass is 10.1. The van der Waals surface area contributed by atoms with E-state index in [1.807, 2.05) is 4.68 Å². The third-order valence-electron chi connectivity index (χ3n) is 4.68. The van der Waals surface area contributed by atoms with Crippen LogP contribution in [0.3, 0.4) is 0 Å². The van der Waals surface area contributed by atoms with Gasteiger partial charge in [-0.2, -0.15) is 5.10 Å². The van der Waals surface area contributed by atoms with Gasteiger partial charge in [-0.15, -0.1) is 0 Å². The molecule has 0 spiro atoms. The molecule has 0 saturated carbocycles. The van der Waals surface area contributed by atoms with Gasteiger partial charge in [0.25, 0.3) is 0 Å². The monoisotopic (exact) mass is 343 g/mol. The molecular formula is C19H22FN3O2. The van der Waals surface area contributed by atoms with Crippen LogP contribution in [0.5, 0.6) is 5.75 Å². The molecule has 1 fully saturated rings. The molecule has 1 aromatic heterocycles. The number of ether oxygens (including phenoxy) is 2. The van der Waals surface area contributed by atoms with E-state index in [0.29, 0.717) is 18.2 Å². The van der Waals surface area contributed by atoms with E-state index in [9.17, 15) is 4.39 Å². The van der Waals surface area contributed by atoms with Crippen molar-refractivity contribution >= 4 is 0 Å². The summed E-state index contributed by atoms with van der Waals surface area (Å²) in [6.45, 7) is 1.68. The second kappa shape index (κ2) is 7.35. The maximum atomic E-state index is 13.3. The standard InChI is InChI=1S/C19H22FN3O2/c20-15-6-3-7-17(11-15)25-13-18-21-19(10-14-4-1-2-5-14)23(22-18)16-8-9-24-12-16/h3-4,6-7,11,16H,1-2,5,8-10,12-13H2. The second-order valence-electron chi connectivity index (χ2n) is 6.58. The van der Waals surface area contributed by atoms with Crippen LogP contribution in [-0.4, -0.2) is 28.0 Å². The molecule has 0 N–H and O–H groups in total. The van der Waals surface area contributed by atoms with Crippen LogP contribution in [0.15, 0.2) is 35.9 Å². The summed E-state index contributed by atoms with van der Waals surface area (Å²) in [5, 5.41) is 4.65. The molecule has 1 aliphatic carbocycles. The average molecular weight is 343 g/mol. The van der Waals surface area contributed by atoms with Crippen molar-refractivity contribution in [2.45, 2.75) is 44.8 Å². The highest BCUT2D eigenvalue weighted by Gasteiger charge is 2.24. The predicted molar refractivity (Wildman–Crippen MR) is 90.9 cm³/mol. The minimum atomic E-state index is -0.312. The Morgan fingerprint density at radius 2 is 2.32 bits per heavy atom. The minimum Gasteiger partial charge on any atom is -0.485 e. The fourth-order valence-electron chi connectivity index (χ4n) is 3.40. The highest BCUT2D eigenvalue weighted by atomic mass is 19.1. The van der Waals surface area contributed by atoms with Crippen molar-refractivity contribution in [1.29, 1.82) is 0 Å². The molecule has 4 rings (SSSR count). The van der Waals surface area contributed by atoms with E-state index in [1.54, 1.807) is 12.1 Å².